The monoisotopic (exact) mass is 241 g/mol. The summed E-state index contributed by atoms with van der Waals surface area (Å²) in [5.74, 6) is 1.19. The lowest BCUT2D eigenvalue weighted by Crippen LogP contribution is -2.18. The van der Waals surface area contributed by atoms with Crippen LogP contribution in [0.15, 0.2) is 28.8 Å². The van der Waals surface area contributed by atoms with E-state index in [2.05, 4.69) is 28.3 Å². The Labute approximate surface area is 105 Å². The first kappa shape index (κ1) is 10.1. The molecule has 4 heteroatoms. The van der Waals surface area contributed by atoms with Gasteiger partial charge in [0.25, 0.3) is 0 Å². The summed E-state index contributed by atoms with van der Waals surface area (Å²) in [6, 6.07) is 9.09. The number of rotatable bonds is 2. The van der Waals surface area contributed by atoms with E-state index >= 15 is 0 Å². The fourth-order valence-electron chi connectivity index (χ4n) is 2.70. The van der Waals surface area contributed by atoms with Crippen LogP contribution in [0, 0.1) is 0 Å². The number of hydrogen-bond donors (Lipinski definition) is 1. The van der Waals surface area contributed by atoms with E-state index in [4.69, 9.17) is 10.3 Å². The lowest BCUT2D eigenvalue weighted by atomic mass is 10.1. The number of hydrogen-bond acceptors (Lipinski definition) is 4. The second kappa shape index (κ2) is 3.59. The minimum absolute atomic E-state index is 0.435. The first-order chi connectivity index (χ1) is 8.79. The first-order valence-corrected chi connectivity index (χ1v) is 6.38. The van der Waals surface area contributed by atoms with E-state index < -0.39 is 0 Å². The molecule has 0 saturated heterocycles. The molecule has 4 nitrogen and oxygen atoms in total. The molecule has 2 heterocycles. The molecule has 1 aliphatic carbocycles. The van der Waals surface area contributed by atoms with Gasteiger partial charge in [0.05, 0.1) is 0 Å². The van der Waals surface area contributed by atoms with Crippen molar-refractivity contribution < 1.29 is 4.52 Å². The van der Waals surface area contributed by atoms with E-state index in [0.29, 0.717) is 5.82 Å². The van der Waals surface area contributed by atoms with Crippen LogP contribution in [0.2, 0.25) is 0 Å². The summed E-state index contributed by atoms with van der Waals surface area (Å²) in [4.78, 5) is 2.56. The van der Waals surface area contributed by atoms with Crippen molar-refractivity contribution in [2.45, 2.75) is 32.0 Å². The number of aromatic nitrogens is 1. The molecule has 0 atom stereocenters. The molecular formula is C14H15N3O. The normalized spacial score (nSPS) is 19.1. The third-order valence-electron chi connectivity index (χ3n) is 3.83. The van der Waals surface area contributed by atoms with Gasteiger partial charge in [0.15, 0.2) is 11.6 Å². The van der Waals surface area contributed by atoms with Crippen molar-refractivity contribution in [2.75, 3.05) is 5.73 Å². The topological polar surface area (TPSA) is 55.3 Å². The Balaban J connectivity index is 1.67. The van der Waals surface area contributed by atoms with Gasteiger partial charge >= 0.3 is 0 Å². The average molecular weight is 241 g/mol. The zero-order chi connectivity index (χ0) is 12.1. The molecule has 1 aliphatic heterocycles. The van der Waals surface area contributed by atoms with Gasteiger partial charge < -0.3 is 10.3 Å². The number of fused-ring (bicyclic) bond motifs is 1. The molecule has 0 bridgehead atoms. The van der Waals surface area contributed by atoms with Crippen LogP contribution in [0.1, 0.15) is 24.0 Å². The molecule has 0 amide bonds. The van der Waals surface area contributed by atoms with E-state index in [0.717, 1.165) is 30.5 Å². The van der Waals surface area contributed by atoms with Gasteiger partial charge in [0, 0.05) is 30.8 Å². The van der Waals surface area contributed by atoms with Gasteiger partial charge in [-0.25, -0.2) is 0 Å². The Morgan fingerprint density at radius 2 is 2.00 bits per heavy atom. The van der Waals surface area contributed by atoms with Crippen molar-refractivity contribution in [1.82, 2.24) is 10.1 Å². The summed E-state index contributed by atoms with van der Waals surface area (Å²) >= 11 is 0. The minimum Gasteiger partial charge on any atom is -0.381 e. The maximum absolute atomic E-state index is 5.59. The van der Waals surface area contributed by atoms with Gasteiger partial charge in [-0.15, -0.1) is 0 Å². The molecule has 18 heavy (non-hydrogen) atoms. The molecule has 1 saturated carbocycles. The van der Waals surface area contributed by atoms with Crippen molar-refractivity contribution in [3.05, 3.63) is 35.4 Å². The minimum atomic E-state index is 0.435. The summed E-state index contributed by atoms with van der Waals surface area (Å²) in [7, 11) is 0. The molecule has 1 fully saturated rings. The molecule has 0 spiro atoms. The summed E-state index contributed by atoms with van der Waals surface area (Å²) in [6.45, 7) is 2.16. The largest absolute Gasteiger partial charge is 0.381 e. The van der Waals surface area contributed by atoms with Crippen molar-refractivity contribution >= 4 is 5.82 Å². The van der Waals surface area contributed by atoms with E-state index in [1.807, 2.05) is 0 Å². The Kier molecular flexibility index (Phi) is 2.02. The highest BCUT2D eigenvalue weighted by Crippen LogP contribution is 2.36. The molecule has 2 aliphatic rings. The smallest absolute Gasteiger partial charge is 0.169 e. The van der Waals surface area contributed by atoms with Crippen LogP contribution < -0.4 is 5.73 Å². The van der Waals surface area contributed by atoms with E-state index in [1.165, 1.54) is 24.0 Å². The summed E-state index contributed by atoms with van der Waals surface area (Å²) < 4.78 is 5.21. The second-order valence-electron chi connectivity index (χ2n) is 5.24. The maximum atomic E-state index is 5.59. The first-order valence-electron chi connectivity index (χ1n) is 6.38. The Morgan fingerprint density at radius 1 is 1.17 bits per heavy atom. The fourth-order valence-corrected chi connectivity index (χ4v) is 2.70. The van der Waals surface area contributed by atoms with Crippen LogP contribution in [0.25, 0.3) is 11.3 Å². The standard InChI is InChI=1S/C14H15N3O/c15-14-6-13(18-16-14)9-1-2-10-7-17(12-3-4-12)8-11(10)5-9/h1-2,5-6,12H,3-4,7-8H2,(H2,15,16). The molecule has 0 unspecified atom stereocenters. The SMILES string of the molecule is Nc1cc(-c2ccc3c(c2)CN(C2CC2)C3)on1. The van der Waals surface area contributed by atoms with E-state index in [9.17, 15) is 0 Å². The molecule has 0 radical (unpaired) electrons. The maximum Gasteiger partial charge on any atom is 0.169 e. The highest BCUT2D eigenvalue weighted by molar-refractivity contribution is 5.62. The Morgan fingerprint density at radius 3 is 2.72 bits per heavy atom. The lowest BCUT2D eigenvalue weighted by Gasteiger charge is -2.11. The molecule has 2 aromatic rings. The summed E-state index contributed by atoms with van der Waals surface area (Å²) in [6.07, 6.45) is 2.72. The van der Waals surface area contributed by atoms with Crippen LogP contribution in [0.5, 0.6) is 0 Å². The van der Waals surface area contributed by atoms with Crippen LogP contribution in [-0.2, 0) is 13.1 Å². The van der Waals surface area contributed by atoms with Gasteiger partial charge in [-0.3, -0.25) is 4.90 Å². The third-order valence-corrected chi connectivity index (χ3v) is 3.83. The van der Waals surface area contributed by atoms with Crippen LogP contribution in [0.3, 0.4) is 0 Å². The second-order valence-corrected chi connectivity index (χ2v) is 5.24. The van der Waals surface area contributed by atoms with Crippen LogP contribution in [-0.4, -0.2) is 16.1 Å². The molecule has 92 valence electrons. The summed E-state index contributed by atoms with van der Waals surface area (Å²) in [5.41, 5.74) is 9.51. The third kappa shape index (κ3) is 1.61. The van der Waals surface area contributed by atoms with Crippen molar-refractivity contribution in [1.29, 1.82) is 0 Å². The quantitative estimate of drug-likeness (QED) is 0.877. The van der Waals surface area contributed by atoms with Gasteiger partial charge in [0.1, 0.15) is 0 Å². The van der Waals surface area contributed by atoms with Gasteiger partial charge in [0.2, 0.25) is 0 Å². The average Bonchev–Trinajstić information content (AvgIpc) is 2.99. The molecule has 1 aromatic carbocycles. The Bertz CT molecular complexity index is 601. The summed E-state index contributed by atoms with van der Waals surface area (Å²) in [5, 5.41) is 3.73. The zero-order valence-electron chi connectivity index (χ0n) is 10.1. The molecule has 1 aromatic heterocycles. The number of nitrogens with zero attached hydrogens (tertiary/aromatic N) is 2. The van der Waals surface area contributed by atoms with Gasteiger partial charge in [-0.1, -0.05) is 17.3 Å². The van der Waals surface area contributed by atoms with Crippen LogP contribution >= 0.6 is 0 Å². The number of benzene rings is 1. The fraction of sp³-hybridized carbons (Fsp3) is 0.357. The van der Waals surface area contributed by atoms with E-state index in [1.54, 1.807) is 6.07 Å². The highest BCUT2D eigenvalue weighted by atomic mass is 16.5. The number of anilines is 1. The van der Waals surface area contributed by atoms with Crippen molar-refractivity contribution in [3.63, 3.8) is 0 Å². The van der Waals surface area contributed by atoms with Gasteiger partial charge in [-0.05, 0) is 30.0 Å². The van der Waals surface area contributed by atoms with Crippen molar-refractivity contribution in [2.24, 2.45) is 0 Å². The molecule has 2 N–H and O–H groups in total. The lowest BCUT2D eigenvalue weighted by molar-refractivity contribution is 0.273. The van der Waals surface area contributed by atoms with Gasteiger partial charge in [-0.2, -0.15) is 0 Å². The highest BCUT2D eigenvalue weighted by Gasteiger charge is 2.32. The number of nitrogen functional groups attached to an aromatic ring is 1. The molecule has 4 rings (SSSR count). The molecular weight excluding hydrogens is 226 g/mol. The van der Waals surface area contributed by atoms with Crippen LogP contribution in [0.4, 0.5) is 5.82 Å². The predicted molar refractivity (Wildman–Crippen MR) is 68.6 cm³/mol. The predicted octanol–water partition coefficient (Wildman–Crippen LogP) is 2.40. The Hall–Kier alpha value is -1.81. The van der Waals surface area contributed by atoms with Crippen molar-refractivity contribution in [3.8, 4) is 11.3 Å². The number of nitrogens with two attached hydrogens (primary N) is 1. The van der Waals surface area contributed by atoms with E-state index in [-0.39, 0.29) is 0 Å². The zero-order valence-corrected chi connectivity index (χ0v) is 10.1.